The number of carbonyl (C=O) groups excluding carboxylic acids is 1. The number of carbonyl (C=O) groups is 1. The van der Waals surface area contributed by atoms with E-state index in [0.29, 0.717) is 29.2 Å². The summed E-state index contributed by atoms with van der Waals surface area (Å²) in [6, 6.07) is 14.3. The number of nitrogens with zero attached hydrogens (tertiary/aromatic N) is 1. The molecule has 3 N–H and O–H groups in total. The molecule has 0 radical (unpaired) electrons. The Morgan fingerprint density at radius 1 is 1.21 bits per heavy atom. The number of nitrogens with one attached hydrogen (secondary N) is 2. The van der Waals surface area contributed by atoms with E-state index in [1.807, 2.05) is 24.3 Å². The molecular weight excluding hydrogens is 390 g/mol. The van der Waals surface area contributed by atoms with Crippen molar-refractivity contribution in [1.29, 1.82) is 0 Å². The summed E-state index contributed by atoms with van der Waals surface area (Å²) in [4.78, 5) is 29.7. The molecule has 7 heteroatoms. The van der Waals surface area contributed by atoms with Crippen molar-refractivity contribution in [3.8, 4) is 0 Å². The molecule has 0 spiro atoms. The second-order valence-electron chi connectivity index (χ2n) is 6.81. The molecule has 0 bridgehead atoms. The van der Waals surface area contributed by atoms with Crippen LogP contribution in [0.15, 0.2) is 53.3 Å². The Labute approximate surface area is 174 Å². The van der Waals surface area contributed by atoms with E-state index < -0.39 is 0 Å². The minimum absolute atomic E-state index is 0.0518. The van der Waals surface area contributed by atoms with Crippen molar-refractivity contribution in [2.75, 3.05) is 18.5 Å². The average Bonchev–Trinajstić information content (AvgIpc) is 2.72. The molecule has 3 rings (SSSR count). The van der Waals surface area contributed by atoms with Gasteiger partial charge in [0.15, 0.2) is 0 Å². The Morgan fingerprint density at radius 3 is 2.72 bits per heavy atom. The van der Waals surface area contributed by atoms with Crippen LogP contribution in [0.1, 0.15) is 24.5 Å². The van der Waals surface area contributed by atoms with Crippen LogP contribution in [0.5, 0.6) is 0 Å². The van der Waals surface area contributed by atoms with Crippen LogP contribution in [0.2, 0.25) is 5.02 Å². The van der Waals surface area contributed by atoms with Gasteiger partial charge in [-0.25, -0.2) is 4.79 Å². The molecule has 0 saturated heterocycles. The summed E-state index contributed by atoms with van der Waals surface area (Å²) in [6.07, 6.45) is 1.30. The van der Waals surface area contributed by atoms with Gasteiger partial charge in [-0.05, 0) is 54.1 Å². The van der Waals surface area contributed by atoms with Crippen molar-refractivity contribution in [2.24, 2.45) is 0 Å². The quantitative estimate of drug-likeness (QED) is 0.543. The Bertz CT molecular complexity index is 1060. The number of fused-ring (bicyclic) bond motifs is 1. The van der Waals surface area contributed by atoms with E-state index in [1.165, 1.54) is 10.5 Å². The first-order chi connectivity index (χ1) is 14.0. The fourth-order valence-corrected chi connectivity index (χ4v) is 3.30. The lowest BCUT2D eigenvalue weighted by Gasteiger charge is -2.23. The first-order valence-electron chi connectivity index (χ1n) is 9.58. The molecule has 2 amide bonds. The SMILES string of the molecule is CCc1ccc2[nH]c(=O)c(CN(CCCO)C(=O)Nc3ccccc3Cl)cc2c1. The molecule has 0 aliphatic rings. The van der Waals surface area contributed by atoms with Gasteiger partial charge in [0.1, 0.15) is 0 Å². The van der Waals surface area contributed by atoms with E-state index in [4.69, 9.17) is 11.6 Å². The smallest absolute Gasteiger partial charge is 0.322 e. The van der Waals surface area contributed by atoms with Gasteiger partial charge < -0.3 is 20.3 Å². The van der Waals surface area contributed by atoms with Crippen molar-refractivity contribution in [3.63, 3.8) is 0 Å². The van der Waals surface area contributed by atoms with Gasteiger partial charge in [-0.2, -0.15) is 0 Å². The number of H-pyrrole nitrogens is 1. The van der Waals surface area contributed by atoms with Crippen LogP contribution < -0.4 is 10.9 Å². The number of rotatable bonds is 7. The predicted octanol–water partition coefficient (Wildman–Crippen LogP) is 4.16. The van der Waals surface area contributed by atoms with Gasteiger partial charge in [-0.1, -0.05) is 36.7 Å². The number of para-hydroxylation sites is 1. The summed E-state index contributed by atoms with van der Waals surface area (Å²) in [7, 11) is 0. The number of anilines is 1. The average molecular weight is 414 g/mol. The van der Waals surface area contributed by atoms with E-state index in [-0.39, 0.29) is 24.7 Å². The molecule has 0 unspecified atom stereocenters. The molecule has 0 atom stereocenters. The molecule has 29 heavy (non-hydrogen) atoms. The lowest BCUT2D eigenvalue weighted by molar-refractivity contribution is 0.199. The maximum atomic E-state index is 12.8. The third kappa shape index (κ3) is 5.16. The molecule has 1 aromatic heterocycles. The number of halogens is 1. The zero-order valence-corrected chi connectivity index (χ0v) is 17.0. The number of hydrogen-bond donors (Lipinski definition) is 3. The largest absolute Gasteiger partial charge is 0.396 e. The van der Waals surface area contributed by atoms with Crippen molar-refractivity contribution >= 4 is 34.2 Å². The van der Waals surface area contributed by atoms with Crippen LogP contribution in [-0.4, -0.2) is 34.2 Å². The lowest BCUT2D eigenvalue weighted by Crippen LogP contribution is -2.37. The summed E-state index contributed by atoms with van der Waals surface area (Å²) < 4.78 is 0. The van der Waals surface area contributed by atoms with Crippen molar-refractivity contribution < 1.29 is 9.90 Å². The number of hydrogen-bond acceptors (Lipinski definition) is 3. The molecule has 0 aliphatic heterocycles. The molecule has 3 aromatic rings. The third-order valence-electron chi connectivity index (χ3n) is 4.74. The van der Waals surface area contributed by atoms with Gasteiger partial charge in [0.2, 0.25) is 0 Å². The van der Waals surface area contributed by atoms with Gasteiger partial charge >= 0.3 is 6.03 Å². The normalized spacial score (nSPS) is 10.9. The molecule has 2 aromatic carbocycles. The highest BCUT2D eigenvalue weighted by Gasteiger charge is 2.17. The summed E-state index contributed by atoms with van der Waals surface area (Å²) in [6.45, 7) is 2.45. The predicted molar refractivity (Wildman–Crippen MR) is 117 cm³/mol. The monoisotopic (exact) mass is 413 g/mol. The Hall–Kier alpha value is -2.83. The van der Waals surface area contributed by atoms with Gasteiger partial charge in [-0.15, -0.1) is 0 Å². The van der Waals surface area contributed by atoms with Crippen LogP contribution in [-0.2, 0) is 13.0 Å². The molecule has 6 nitrogen and oxygen atoms in total. The van der Waals surface area contributed by atoms with E-state index in [9.17, 15) is 14.7 Å². The number of aliphatic hydroxyl groups excluding tert-OH is 1. The van der Waals surface area contributed by atoms with Gasteiger partial charge in [-0.3, -0.25) is 4.79 Å². The second kappa shape index (κ2) is 9.58. The van der Waals surface area contributed by atoms with Gasteiger partial charge in [0, 0.05) is 24.2 Å². The van der Waals surface area contributed by atoms with Crippen LogP contribution >= 0.6 is 11.6 Å². The Balaban J connectivity index is 1.87. The number of pyridine rings is 1. The fraction of sp³-hybridized carbons (Fsp3) is 0.273. The molecular formula is C22H24ClN3O3. The van der Waals surface area contributed by atoms with Gasteiger partial charge in [0.25, 0.3) is 5.56 Å². The topological polar surface area (TPSA) is 85.4 Å². The first-order valence-corrected chi connectivity index (χ1v) is 9.95. The maximum Gasteiger partial charge on any atom is 0.322 e. The van der Waals surface area contributed by atoms with Gasteiger partial charge in [0.05, 0.1) is 17.3 Å². The van der Waals surface area contributed by atoms with E-state index in [0.717, 1.165) is 17.3 Å². The van der Waals surface area contributed by atoms with Crippen molar-refractivity contribution in [1.82, 2.24) is 9.88 Å². The molecule has 152 valence electrons. The highest BCUT2D eigenvalue weighted by Crippen LogP contribution is 2.21. The van der Waals surface area contributed by atoms with Crippen molar-refractivity contribution in [2.45, 2.75) is 26.3 Å². The van der Waals surface area contributed by atoms with Crippen LogP contribution in [0, 0.1) is 0 Å². The number of amides is 2. The summed E-state index contributed by atoms with van der Waals surface area (Å²) >= 11 is 6.13. The number of urea groups is 1. The van der Waals surface area contributed by atoms with Crippen LogP contribution in [0.25, 0.3) is 10.9 Å². The van der Waals surface area contributed by atoms with E-state index in [2.05, 4.69) is 17.2 Å². The zero-order chi connectivity index (χ0) is 20.8. The lowest BCUT2D eigenvalue weighted by atomic mass is 10.1. The summed E-state index contributed by atoms with van der Waals surface area (Å²) in [5, 5.41) is 13.3. The number of aliphatic hydroxyl groups is 1. The highest BCUT2D eigenvalue weighted by molar-refractivity contribution is 6.33. The van der Waals surface area contributed by atoms with Crippen molar-refractivity contribution in [3.05, 3.63) is 75.0 Å². The number of benzene rings is 2. The number of aryl methyl sites for hydroxylation is 1. The Morgan fingerprint density at radius 2 is 2.00 bits per heavy atom. The van der Waals surface area contributed by atoms with E-state index in [1.54, 1.807) is 24.3 Å². The van der Waals surface area contributed by atoms with E-state index >= 15 is 0 Å². The Kier molecular flexibility index (Phi) is 6.90. The fourth-order valence-electron chi connectivity index (χ4n) is 3.12. The maximum absolute atomic E-state index is 12.8. The minimum atomic E-state index is -0.381. The molecule has 0 saturated carbocycles. The number of aromatic nitrogens is 1. The first kappa shape index (κ1) is 20.9. The summed E-state index contributed by atoms with van der Waals surface area (Å²) in [5.41, 5.74) is 2.68. The number of aromatic amines is 1. The standard InChI is InChI=1S/C22H24ClN3O3/c1-2-15-8-9-19-16(12-15)13-17(21(28)24-19)14-26(10-5-11-27)22(29)25-20-7-4-3-6-18(20)23/h3-4,6-9,12-13,27H,2,5,10-11,14H2,1H3,(H,24,28)(H,25,29). The van der Waals surface area contributed by atoms with Crippen LogP contribution in [0.4, 0.5) is 10.5 Å². The zero-order valence-electron chi connectivity index (χ0n) is 16.2. The third-order valence-corrected chi connectivity index (χ3v) is 5.07. The molecule has 0 aliphatic carbocycles. The minimum Gasteiger partial charge on any atom is -0.396 e. The highest BCUT2D eigenvalue weighted by atomic mass is 35.5. The van der Waals surface area contributed by atoms with Crippen LogP contribution in [0.3, 0.4) is 0 Å². The second-order valence-corrected chi connectivity index (χ2v) is 7.21. The summed E-state index contributed by atoms with van der Waals surface area (Å²) in [5.74, 6) is 0. The molecule has 0 fully saturated rings. The molecule has 1 heterocycles.